The minimum Gasteiger partial charge on any atom is -0.305 e. The second-order valence-corrected chi connectivity index (χ2v) is 7.61. The Bertz CT molecular complexity index is 851. The van der Waals surface area contributed by atoms with Crippen molar-refractivity contribution >= 4 is 50.9 Å². The first kappa shape index (κ1) is 16.8. The Kier molecular flexibility index (Phi) is 5.31. The molecule has 0 aliphatic carbocycles. The van der Waals surface area contributed by atoms with Crippen molar-refractivity contribution in [1.82, 2.24) is 14.8 Å². The fraction of sp³-hybridized carbons (Fsp3) is 0.125. The van der Waals surface area contributed by atoms with Crippen molar-refractivity contribution < 1.29 is 0 Å². The van der Waals surface area contributed by atoms with E-state index in [1.54, 1.807) is 23.9 Å². The monoisotopic (exact) mass is 427 g/mol. The highest BCUT2D eigenvalue weighted by Gasteiger charge is 2.14. The lowest BCUT2D eigenvalue weighted by molar-refractivity contribution is 0.794. The number of halogens is 3. The Morgan fingerprint density at radius 2 is 1.96 bits per heavy atom. The highest BCUT2D eigenvalue weighted by molar-refractivity contribution is 9.10. The molecule has 0 spiro atoms. The number of benzene rings is 2. The van der Waals surface area contributed by atoms with Gasteiger partial charge in [0.15, 0.2) is 11.0 Å². The van der Waals surface area contributed by atoms with Gasteiger partial charge in [-0.3, -0.25) is 0 Å². The lowest BCUT2D eigenvalue weighted by Crippen LogP contribution is -1.95. The van der Waals surface area contributed by atoms with E-state index in [9.17, 15) is 0 Å². The van der Waals surface area contributed by atoms with Crippen LogP contribution in [0.1, 0.15) is 5.56 Å². The molecule has 0 saturated heterocycles. The molecule has 2 aromatic carbocycles. The van der Waals surface area contributed by atoms with Gasteiger partial charge in [-0.05, 0) is 35.9 Å². The average molecular weight is 429 g/mol. The summed E-state index contributed by atoms with van der Waals surface area (Å²) >= 11 is 17.3. The predicted octanol–water partition coefficient (Wildman–Crippen LogP) is 5.84. The van der Waals surface area contributed by atoms with Crippen LogP contribution in [0, 0.1) is 0 Å². The molecule has 3 aromatic rings. The van der Waals surface area contributed by atoms with Crippen LogP contribution >= 0.6 is 50.9 Å². The minimum absolute atomic E-state index is 0.566. The molecule has 23 heavy (non-hydrogen) atoms. The molecule has 0 radical (unpaired) electrons. The van der Waals surface area contributed by atoms with Gasteiger partial charge in [0.05, 0.1) is 5.02 Å². The third-order valence-electron chi connectivity index (χ3n) is 3.26. The molecule has 1 aromatic heterocycles. The van der Waals surface area contributed by atoms with E-state index in [2.05, 4.69) is 38.3 Å². The number of hydrogen-bond donors (Lipinski definition) is 0. The first-order valence-corrected chi connectivity index (χ1v) is 9.30. The van der Waals surface area contributed by atoms with Crippen molar-refractivity contribution in [3.8, 4) is 11.4 Å². The summed E-state index contributed by atoms with van der Waals surface area (Å²) in [5.74, 6) is 1.54. The van der Waals surface area contributed by atoms with Crippen LogP contribution in [0.3, 0.4) is 0 Å². The summed E-state index contributed by atoms with van der Waals surface area (Å²) in [6.07, 6.45) is 0. The standard InChI is InChI=1S/C16H12BrCl2N3S/c1-22-15(13-6-5-12(18)8-14(13)19)20-21-16(22)23-9-10-3-2-4-11(17)7-10/h2-8H,9H2,1H3. The summed E-state index contributed by atoms with van der Waals surface area (Å²) in [6, 6.07) is 13.6. The molecular weight excluding hydrogens is 417 g/mol. The zero-order valence-electron chi connectivity index (χ0n) is 12.1. The van der Waals surface area contributed by atoms with Crippen molar-refractivity contribution in [2.75, 3.05) is 0 Å². The van der Waals surface area contributed by atoms with Crippen molar-refractivity contribution in [2.24, 2.45) is 7.05 Å². The van der Waals surface area contributed by atoms with Gasteiger partial charge in [-0.15, -0.1) is 10.2 Å². The van der Waals surface area contributed by atoms with Gasteiger partial charge in [-0.1, -0.05) is 63.0 Å². The first-order chi connectivity index (χ1) is 11.0. The van der Waals surface area contributed by atoms with Gasteiger partial charge in [0.1, 0.15) is 0 Å². The van der Waals surface area contributed by atoms with E-state index in [4.69, 9.17) is 23.2 Å². The summed E-state index contributed by atoms with van der Waals surface area (Å²) in [6.45, 7) is 0. The first-order valence-electron chi connectivity index (χ1n) is 6.76. The number of rotatable bonds is 4. The molecule has 0 fully saturated rings. The van der Waals surface area contributed by atoms with Crippen molar-refractivity contribution in [3.63, 3.8) is 0 Å². The van der Waals surface area contributed by atoms with E-state index < -0.39 is 0 Å². The summed E-state index contributed by atoms with van der Waals surface area (Å²) < 4.78 is 3.01. The highest BCUT2D eigenvalue weighted by atomic mass is 79.9. The Morgan fingerprint density at radius 1 is 1.13 bits per heavy atom. The van der Waals surface area contributed by atoms with Crippen LogP contribution in [-0.2, 0) is 12.8 Å². The topological polar surface area (TPSA) is 30.7 Å². The van der Waals surface area contributed by atoms with Crippen LogP contribution < -0.4 is 0 Å². The van der Waals surface area contributed by atoms with E-state index in [1.165, 1.54) is 5.56 Å². The smallest absolute Gasteiger partial charge is 0.191 e. The number of thioether (sulfide) groups is 1. The normalized spacial score (nSPS) is 11.0. The Morgan fingerprint density at radius 3 is 2.70 bits per heavy atom. The molecule has 0 bridgehead atoms. The lowest BCUT2D eigenvalue weighted by Gasteiger charge is -2.06. The maximum absolute atomic E-state index is 6.26. The van der Waals surface area contributed by atoms with Crippen LogP contribution in [0.2, 0.25) is 10.0 Å². The number of aromatic nitrogens is 3. The molecular formula is C16H12BrCl2N3S. The summed E-state index contributed by atoms with van der Waals surface area (Å²) in [7, 11) is 1.93. The minimum atomic E-state index is 0.566. The van der Waals surface area contributed by atoms with Gasteiger partial charge in [0.2, 0.25) is 0 Å². The highest BCUT2D eigenvalue weighted by Crippen LogP contribution is 2.31. The fourth-order valence-corrected chi connectivity index (χ4v) is 3.91. The molecule has 0 atom stereocenters. The second-order valence-electron chi connectivity index (χ2n) is 4.91. The average Bonchev–Trinajstić information content (AvgIpc) is 2.86. The van der Waals surface area contributed by atoms with Gasteiger partial charge >= 0.3 is 0 Å². The molecule has 0 aliphatic rings. The predicted molar refractivity (Wildman–Crippen MR) is 100 cm³/mol. The van der Waals surface area contributed by atoms with Crippen LogP contribution in [0.15, 0.2) is 52.1 Å². The lowest BCUT2D eigenvalue weighted by atomic mass is 10.2. The van der Waals surface area contributed by atoms with E-state index in [1.807, 2.05) is 29.8 Å². The second kappa shape index (κ2) is 7.26. The Labute approximate surface area is 157 Å². The largest absolute Gasteiger partial charge is 0.305 e. The third-order valence-corrected chi connectivity index (χ3v) is 5.40. The molecule has 3 nitrogen and oxygen atoms in total. The summed E-state index contributed by atoms with van der Waals surface area (Å²) in [5.41, 5.74) is 2.04. The molecule has 1 heterocycles. The van der Waals surface area contributed by atoms with Crippen LogP contribution in [0.25, 0.3) is 11.4 Å². The van der Waals surface area contributed by atoms with Crippen LogP contribution in [0.4, 0.5) is 0 Å². The van der Waals surface area contributed by atoms with Gasteiger partial charge in [-0.2, -0.15) is 0 Å². The molecule has 0 unspecified atom stereocenters. The van der Waals surface area contributed by atoms with E-state index in [0.29, 0.717) is 10.0 Å². The van der Waals surface area contributed by atoms with Crippen LogP contribution in [0.5, 0.6) is 0 Å². The Hall–Kier alpha value is -1.01. The molecule has 7 heteroatoms. The summed E-state index contributed by atoms with van der Waals surface area (Å²) in [4.78, 5) is 0. The molecule has 118 valence electrons. The van der Waals surface area contributed by atoms with E-state index in [-0.39, 0.29) is 0 Å². The third kappa shape index (κ3) is 3.91. The van der Waals surface area contributed by atoms with Gasteiger partial charge in [0.25, 0.3) is 0 Å². The van der Waals surface area contributed by atoms with Gasteiger partial charge in [-0.25, -0.2) is 0 Å². The Balaban J connectivity index is 1.82. The van der Waals surface area contributed by atoms with Crippen molar-refractivity contribution in [1.29, 1.82) is 0 Å². The molecule has 3 rings (SSSR count). The molecule has 0 aliphatic heterocycles. The van der Waals surface area contributed by atoms with E-state index >= 15 is 0 Å². The van der Waals surface area contributed by atoms with E-state index in [0.717, 1.165) is 26.8 Å². The SMILES string of the molecule is Cn1c(SCc2cccc(Br)c2)nnc1-c1ccc(Cl)cc1Cl. The van der Waals surface area contributed by atoms with Gasteiger partial charge in [0, 0.05) is 27.9 Å². The molecule has 0 N–H and O–H groups in total. The number of nitrogens with zero attached hydrogens (tertiary/aromatic N) is 3. The fourth-order valence-electron chi connectivity index (χ4n) is 2.12. The maximum Gasteiger partial charge on any atom is 0.191 e. The maximum atomic E-state index is 6.26. The number of hydrogen-bond acceptors (Lipinski definition) is 3. The van der Waals surface area contributed by atoms with Gasteiger partial charge < -0.3 is 4.57 Å². The zero-order valence-corrected chi connectivity index (χ0v) is 16.0. The van der Waals surface area contributed by atoms with Crippen LogP contribution in [-0.4, -0.2) is 14.8 Å². The summed E-state index contributed by atoms with van der Waals surface area (Å²) in [5, 5.41) is 10.5. The molecule has 0 amide bonds. The molecule has 0 saturated carbocycles. The zero-order chi connectivity index (χ0) is 16.4. The quantitative estimate of drug-likeness (QED) is 0.488. The van der Waals surface area contributed by atoms with Crippen molar-refractivity contribution in [2.45, 2.75) is 10.9 Å². The van der Waals surface area contributed by atoms with Crippen molar-refractivity contribution in [3.05, 3.63) is 62.5 Å².